The van der Waals surface area contributed by atoms with Gasteiger partial charge < -0.3 is 11.1 Å². The molecule has 0 aliphatic rings. The van der Waals surface area contributed by atoms with Gasteiger partial charge in [0.1, 0.15) is 5.69 Å². The Hall–Kier alpha value is -2.17. The number of nitrogens with zero attached hydrogens (tertiary/aromatic N) is 1. The van der Waals surface area contributed by atoms with Gasteiger partial charge in [-0.15, -0.1) is 0 Å². The van der Waals surface area contributed by atoms with Crippen molar-refractivity contribution >= 4 is 11.4 Å². The van der Waals surface area contributed by atoms with Crippen LogP contribution in [0.5, 0.6) is 0 Å². The molecule has 0 aliphatic carbocycles. The van der Waals surface area contributed by atoms with Gasteiger partial charge in [0.2, 0.25) is 0 Å². The predicted molar refractivity (Wildman–Crippen MR) is 67.2 cm³/mol. The largest absolute Gasteiger partial charge is 0.399 e. The van der Waals surface area contributed by atoms with E-state index < -0.39 is 11.6 Å². The van der Waals surface area contributed by atoms with E-state index in [1.54, 1.807) is 6.20 Å². The van der Waals surface area contributed by atoms with Crippen LogP contribution >= 0.6 is 0 Å². The first kappa shape index (κ1) is 12.3. The fraction of sp³-hybridized carbons (Fsp3) is 0.154. The highest BCUT2D eigenvalue weighted by Crippen LogP contribution is 2.21. The highest BCUT2D eigenvalue weighted by Gasteiger charge is 2.09. The van der Waals surface area contributed by atoms with Crippen LogP contribution in [0.2, 0.25) is 0 Å². The Kier molecular flexibility index (Phi) is 3.72. The van der Waals surface area contributed by atoms with Crippen molar-refractivity contribution in [2.24, 2.45) is 0 Å². The molecule has 5 heteroatoms. The van der Waals surface area contributed by atoms with Crippen molar-refractivity contribution in [1.82, 2.24) is 4.98 Å². The van der Waals surface area contributed by atoms with Gasteiger partial charge in [0.05, 0.1) is 0 Å². The van der Waals surface area contributed by atoms with Crippen LogP contribution in [-0.4, -0.2) is 11.5 Å². The zero-order chi connectivity index (χ0) is 13.0. The van der Waals surface area contributed by atoms with Crippen molar-refractivity contribution < 1.29 is 8.78 Å². The van der Waals surface area contributed by atoms with Gasteiger partial charge in [0.15, 0.2) is 11.6 Å². The SMILES string of the molecule is Nc1cc(F)c(NCCc2ccccn2)c(F)c1. The summed E-state index contributed by atoms with van der Waals surface area (Å²) in [5.41, 5.74) is 6.11. The lowest BCUT2D eigenvalue weighted by Gasteiger charge is -2.09. The summed E-state index contributed by atoms with van der Waals surface area (Å²) in [6.45, 7) is 0.398. The molecule has 1 aromatic heterocycles. The van der Waals surface area contributed by atoms with Crippen LogP contribution in [0.4, 0.5) is 20.2 Å². The van der Waals surface area contributed by atoms with Crippen molar-refractivity contribution in [1.29, 1.82) is 0 Å². The van der Waals surface area contributed by atoms with E-state index in [2.05, 4.69) is 10.3 Å². The summed E-state index contributed by atoms with van der Waals surface area (Å²) in [6, 6.07) is 7.72. The highest BCUT2D eigenvalue weighted by molar-refractivity contribution is 5.54. The fourth-order valence-electron chi connectivity index (χ4n) is 1.62. The molecule has 0 saturated heterocycles. The zero-order valence-corrected chi connectivity index (χ0v) is 9.66. The van der Waals surface area contributed by atoms with E-state index in [4.69, 9.17) is 5.73 Å². The minimum absolute atomic E-state index is 0.0697. The highest BCUT2D eigenvalue weighted by atomic mass is 19.1. The Morgan fingerprint density at radius 2 is 1.89 bits per heavy atom. The van der Waals surface area contributed by atoms with Gasteiger partial charge in [0.25, 0.3) is 0 Å². The molecule has 3 N–H and O–H groups in total. The molecule has 94 valence electrons. The number of nitrogens with one attached hydrogen (secondary N) is 1. The Morgan fingerprint density at radius 1 is 1.17 bits per heavy atom. The maximum atomic E-state index is 13.4. The summed E-state index contributed by atoms with van der Waals surface area (Å²) < 4.78 is 26.9. The van der Waals surface area contributed by atoms with Crippen LogP contribution in [0, 0.1) is 11.6 Å². The first-order chi connectivity index (χ1) is 8.66. The Balaban J connectivity index is 1.99. The Morgan fingerprint density at radius 3 is 2.50 bits per heavy atom. The Labute approximate surface area is 104 Å². The van der Waals surface area contributed by atoms with E-state index in [-0.39, 0.29) is 11.4 Å². The van der Waals surface area contributed by atoms with Gasteiger partial charge in [-0.05, 0) is 24.3 Å². The summed E-state index contributed by atoms with van der Waals surface area (Å²) in [4.78, 5) is 4.12. The molecule has 0 bridgehead atoms. The molecule has 18 heavy (non-hydrogen) atoms. The minimum Gasteiger partial charge on any atom is -0.399 e. The van der Waals surface area contributed by atoms with Crippen LogP contribution in [0.15, 0.2) is 36.5 Å². The average Bonchev–Trinajstić information content (AvgIpc) is 2.34. The van der Waals surface area contributed by atoms with Crippen molar-refractivity contribution in [3.05, 3.63) is 53.9 Å². The molecule has 0 saturated carbocycles. The number of benzene rings is 1. The lowest BCUT2D eigenvalue weighted by Crippen LogP contribution is -2.09. The maximum Gasteiger partial charge on any atom is 0.151 e. The second-order valence-electron chi connectivity index (χ2n) is 3.86. The van der Waals surface area contributed by atoms with Crippen molar-refractivity contribution in [3.63, 3.8) is 0 Å². The molecule has 2 aromatic rings. The number of rotatable bonds is 4. The summed E-state index contributed by atoms with van der Waals surface area (Å²) in [6.07, 6.45) is 2.27. The summed E-state index contributed by atoms with van der Waals surface area (Å²) in [7, 11) is 0. The smallest absolute Gasteiger partial charge is 0.151 e. The standard InChI is InChI=1S/C13H13F2N3/c14-11-7-9(16)8-12(15)13(11)18-6-4-10-3-1-2-5-17-10/h1-3,5,7-8,18H,4,6,16H2. The molecular weight excluding hydrogens is 236 g/mol. The monoisotopic (exact) mass is 249 g/mol. The molecule has 0 amide bonds. The molecule has 0 fully saturated rings. The van der Waals surface area contributed by atoms with E-state index in [9.17, 15) is 8.78 Å². The number of anilines is 2. The molecule has 0 unspecified atom stereocenters. The van der Waals surface area contributed by atoms with Crippen LogP contribution in [0.25, 0.3) is 0 Å². The van der Waals surface area contributed by atoms with Gasteiger partial charge in [-0.1, -0.05) is 6.07 Å². The number of hydrogen-bond acceptors (Lipinski definition) is 3. The topological polar surface area (TPSA) is 50.9 Å². The fourth-order valence-corrected chi connectivity index (χ4v) is 1.62. The van der Waals surface area contributed by atoms with Gasteiger partial charge in [-0.3, -0.25) is 4.98 Å². The molecule has 1 heterocycles. The number of nitrogens with two attached hydrogens (primary N) is 1. The molecule has 1 aromatic carbocycles. The number of nitrogen functional groups attached to an aromatic ring is 1. The second-order valence-corrected chi connectivity index (χ2v) is 3.86. The average molecular weight is 249 g/mol. The van der Waals surface area contributed by atoms with Gasteiger partial charge in [0, 0.05) is 30.5 Å². The molecule has 0 radical (unpaired) electrons. The number of hydrogen-bond donors (Lipinski definition) is 2. The number of pyridine rings is 1. The predicted octanol–water partition coefficient (Wildman–Crippen LogP) is 2.60. The minimum atomic E-state index is -0.687. The van der Waals surface area contributed by atoms with Crippen molar-refractivity contribution in [3.8, 4) is 0 Å². The van der Waals surface area contributed by atoms with Gasteiger partial charge in [-0.25, -0.2) is 8.78 Å². The normalized spacial score (nSPS) is 10.3. The zero-order valence-electron chi connectivity index (χ0n) is 9.66. The third kappa shape index (κ3) is 2.94. The van der Waals surface area contributed by atoms with Crippen LogP contribution < -0.4 is 11.1 Å². The van der Waals surface area contributed by atoms with Crippen LogP contribution in [-0.2, 0) is 6.42 Å². The lowest BCUT2D eigenvalue weighted by atomic mass is 10.2. The van der Waals surface area contributed by atoms with E-state index in [1.165, 1.54) is 0 Å². The van der Waals surface area contributed by atoms with E-state index in [0.29, 0.717) is 13.0 Å². The molecule has 0 aliphatic heterocycles. The first-order valence-corrected chi connectivity index (χ1v) is 5.55. The van der Waals surface area contributed by atoms with E-state index in [0.717, 1.165) is 17.8 Å². The quantitative estimate of drug-likeness (QED) is 0.819. The summed E-state index contributed by atoms with van der Waals surface area (Å²) in [5.74, 6) is -1.37. The van der Waals surface area contributed by atoms with E-state index in [1.807, 2.05) is 18.2 Å². The molecule has 2 rings (SSSR count). The van der Waals surface area contributed by atoms with E-state index >= 15 is 0 Å². The van der Waals surface area contributed by atoms with Gasteiger partial charge in [-0.2, -0.15) is 0 Å². The van der Waals surface area contributed by atoms with Crippen LogP contribution in [0.3, 0.4) is 0 Å². The molecular formula is C13H13F2N3. The Bertz CT molecular complexity index is 506. The molecule has 0 atom stereocenters. The maximum absolute atomic E-state index is 13.4. The number of aromatic nitrogens is 1. The third-order valence-electron chi connectivity index (χ3n) is 2.47. The second kappa shape index (κ2) is 5.44. The summed E-state index contributed by atoms with van der Waals surface area (Å²) >= 11 is 0. The summed E-state index contributed by atoms with van der Waals surface area (Å²) in [5, 5.41) is 2.71. The number of halogens is 2. The van der Waals surface area contributed by atoms with Crippen molar-refractivity contribution in [2.75, 3.05) is 17.6 Å². The van der Waals surface area contributed by atoms with Gasteiger partial charge >= 0.3 is 0 Å². The third-order valence-corrected chi connectivity index (χ3v) is 2.47. The van der Waals surface area contributed by atoms with Crippen LogP contribution in [0.1, 0.15) is 5.69 Å². The molecule has 3 nitrogen and oxygen atoms in total. The molecule has 0 spiro atoms. The lowest BCUT2D eigenvalue weighted by molar-refractivity contribution is 0.589. The van der Waals surface area contributed by atoms with Crippen molar-refractivity contribution in [2.45, 2.75) is 6.42 Å². The first-order valence-electron chi connectivity index (χ1n) is 5.55.